The summed E-state index contributed by atoms with van der Waals surface area (Å²) in [6.45, 7) is 2.88. The molecule has 1 unspecified atom stereocenters. The van der Waals surface area contributed by atoms with Crippen molar-refractivity contribution in [3.63, 3.8) is 0 Å². The molecule has 0 aromatic heterocycles. The first-order valence-corrected chi connectivity index (χ1v) is 7.41. The van der Waals surface area contributed by atoms with E-state index < -0.39 is 0 Å². The van der Waals surface area contributed by atoms with E-state index in [0.29, 0.717) is 18.0 Å². The number of piperidine rings is 1. The lowest BCUT2D eigenvalue weighted by Gasteiger charge is -2.32. The van der Waals surface area contributed by atoms with Crippen LogP contribution in [0.25, 0.3) is 0 Å². The second-order valence-electron chi connectivity index (χ2n) is 5.42. The largest absolute Gasteiger partial charge is 0.326 e. The van der Waals surface area contributed by atoms with Crippen molar-refractivity contribution in [2.24, 2.45) is 0 Å². The Morgan fingerprint density at radius 2 is 2.19 bits per heavy atom. The number of nitrogens with one attached hydrogen (secondary N) is 2. The zero-order valence-electron chi connectivity index (χ0n) is 12.4. The highest BCUT2D eigenvalue weighted by Crippen LogP contribution is 2.11. The summed E-state index contributed by atoms with van der Waals surface area (Å²) in [5.74, 6) is 0.0197. The fraction of sp³-hybridized carbons (Fsp3) is 0.500. The Kier molecular flexibility index (Phi) is 5.73. The number of hydrogen-bond donors (Lipinski definition) is 2. The van der Waals surface area contributed by atoms with Gasteiger partial charge in [-0.2, -0.15) is 5.26 Å². The molecular weight excluding hydrogens is 264 g/mol. The van der Waals surface area contributed by atoms with Crippen LogP contribution in [0.15, 0.2) is 24.3 Å². The highest BCUT2D eigenvalue weighted by atomic mass is 16.1. The number of carbonyl (C=O) groups is 1. The van der Waals surface area contributed by atoms with Gasteiger partial charge in [-0.15, -0.1) is 0 Å². The molecule has 5 heteroatoms. The topological polar surface area (TPSA) is 68.2 Å². The first-order valence-electron chi connectivity index (χ1n) is 7.41. The van der Waals surface area contributed by atoms with Crippen LogP contribution in [0.2, 0.25) is 0 Å². The van der Waals surface area contributed by atoms with Crippen molar-refractivity contribution in [3.05, 3.63) is 29.8 Å². The Morgan fingerprint density at radius 3 is 2.86 bits per heavy atom. The third-order valence-electron chi connectivity index (χ3n) is 3.87. The molecule has 1 heterocycles. The van der Waals surface area contributed by atoms with Crippen LogP contribution in [0.5, 0.6) is 0 Å². The maximum Gasteiger partial charge on any atom is 0.225 e. The highest BCUT2D eigenvalue weighted by Gasteiger charge is 2.18. The molecule has 2 rings (SSSR count). The van der Waals surface area contributed by atoms with Gasteiger partial charge in [0, 0.05) is 31.2 Å². The van der Waals surface area contributed by atoms with Gasteiger partial charge in [-0.25, -0.2) is 0 Å². The summed E-state index contributed by atoms with van der Waals surface area (Å²) in [5.41, 5.74) is 1.34. The molecule has 1 aromatic rings. The number of likely N-dealkylation sites (tertiary alicyclic amines) is 1. The SMILES string of the molecule is CNC1CCCN(CCC(=O)Nc2ccc(C#N)cc2)C1. The minimum absolute atomic E-state index is 0.0197. The van der Waals surface area contributed by atoms with Crippen molar-refractivity contribution >= 4 is 11.6 Å². The Labute approximate surface area is 125 Å². The predicted molar refractivity (Wildman–Crippen MR) is 82.9 cm³/mol. The molecule has 2 N–H and O–H groups in total. The van der Waals surface area contributed by atoms with E-state index in [4.69, 9.17) is 5.26 Å². The molecule has 0 radical (unpaired) electrons. The molecule has 1 saturated heterocycles. The van der Waals surface area contributed by atoms with Crippen LogP contribution in [0, 0.1) is 11.3 Å². The Balaban J connectivity index is 1.75. The average molecular weight is 286 g/mol. The van der Waals surface area contributed by atoms with E-state index in [-0.39, 0.29) is 5.91 Å². The van der Waals surface area contributed by atoms with Crippen molar-refractivity contribution < 1.29 is 4.79 Å². The minimum Gasteiger partial charge on any atom is -0.326 e. The lowest BCUT2D eigenvalue weighted by Crippen LogP contribution is -2.45. The van der Waals surface area contributed by atoms with E-state index in [0.717, 1.165) is 25.3 Å². The quantitative estimate of drug-likeness (QED) is 0.862. The molecule has 0 bridgehead atoms. The van der Waals surface area contributed by atoms with E-state index in [2.05, 4.69) is 21.6 Å². The summed E-state index contributed by atoms with van der Waals surface area (Å²) in [5, 5.41) is 14.9. The average Bonchev–Trinajstić information content (AvgIpc) is 2.54. The van der Waals surface area contributed by atoms with Crippen molar-refractivity contribution in [1.82, 2.24) is 10.2 Å². The van der Waals surface area contributed by atoms with Crippen molar-refractivity contribution in [3.8, 4) is 6.07 Å². The van der Waals surface area contributed by atoms with Crippen LogP contribution >= 0.6 is 0 Å². The number of carbonyl (C=O) groups excluding carboxylic acids is 1. The van der Waals surface area contributed by atoms with E-state index in [1.165, 1.54) is 12.8 Å². The van der Waals surface area contributed by atoms with E-state index in [1.807, 2.05) is 7.05 Å². The Morgan fingerprint density at radius 1 is 1.43 bits per heavy atom. The molecule has 0 aliphatic carbocycles. The fourth-order valence-electron chi connectivity index (χ4n) is 2.61. The van der Waals surface area contributed by atoms with Gasteiger partial charge in [-0.1, -0.05) is 0 Å². The minimum atomic E-state index is 0.0197. The number of nitriles is 1. The van der Waals surface area contributed by atoms with Gasteiger partial charge in [0.1, 0.15) is 0 Å². The molecule has 1 amide bonds. The maximum absolute atomic E-state index is 11.9. The van der Waals surface area contributed by atoms with Gasteiger partial charge in [-0.3, -0.25) is 4.79 Å². The zero-order valence-corrected chi connectivity index (χ0v) is 12.4. The summed E-state index contributed by atoms with van der Waals surface area (Å²) in [6.07, 6.45) is 2.89. The van der Waals surface area contributed by atoms with Crippen LogP contribution in [0.4, 0.5) is 5.69 Å². The smallest absolute Gasteiger partial charge is 0.225 e. The molecule has 1 aromatic carbocycles. The number of anilines is 1. The summed E-state index contributed by atoms with van der Waals surface area (Å²) in [4.78, 5) is 14.3. The molecule has 1 fully saturated rings. The van der Waals surface area contributed by atoms with Crippen LogP contribution < -0.4 is 10.6 Å². The van der Waals surface area contributed by atoms with Gasteiger partial charge in [0.25, 0.3) is 0 Å². The molecule has 21 heavy (non-hydrogen) atoms. The lowest BCUT2D eigenvalue weighted by atomic mass is 10.1. The maximum atomic E-state index is 11.9. The van der Waals surface area contributed by atoms with E-state index in [1.54, 1.807) is 24.3 Å². The van der Waals surface area contributed by atoms with Gasteiger partial charge < -0.3 is 15.5 Å². The highest BCUT2D eigenvalue weighted by molar-refractivity contribution is 5.90. The molecule has 112 valence electrons. The molecule has 0 spiro atoms. The Bertz CT molecular complexity index is 506. The van der Waals surface area contributed by atoms with Gasteiger partial charge >= 0.3 is 0 Å². The van der Waals surface area contributed by atoms with Crippen LogP contribution in [-0.2, 0) is 4.79 Å². The first kappa shape index (κ1) is 15.5. The summed E-state index contributed by atoms with van der Waals surface area (Å²) in [6, 6.07) is 9.53. The lowest BCUT2D eigenvalue weighted by molar-refractivity contribution is -0.116. The summed E-state index contributed by atoms with van der Waals surface area (Å²) >= 11 is 0. The van der Waals surface area contributed by atoms with Gasteiger partial charge in [0.05, 0.1) is 11.6 Å². The third-order valence-corrected chi connectivity index (χ3v) is 3.87. The second kappa shape index (κ2) is 7.77. The molecule has 1 atom stereocenters. The number of amides is 1. The first-order chi connectivity index (χ1) is 10.2. The standard InChI is InChI=1S/C16H22N4O/c1-18-15-3-2-9-20(12-15)10-8-16(21)19-14-6-4-13(11-17)5-7-14/h4-7,15,18H,2-3,8-10,12H2,1H3,(H,19,21). The number of hydrogen-bond acceptors (Lipinski definition) is 4. The normalized spacial score (nSPS) is 19.0. The molecule has 1 aliphatic heterocycles. The summed E-state index contributed by atoms with van der Waals surface area (Å²) in [7, 11) is 1.99. The number of nitrogens with zero attached hydrogens (tertiary/aromatic N) is 2. The van der Waals surface area contributed by atoms with Crippen LogP contribution in [-0.4, -0.2) is 43.5 Å². The van der Waals surface area contributed by atoms with Crippen molar-refractivity contribution in [2.75, 3.05) is 32.0 Å². The second-order valence-corrected chi connectivity index (χ2v) is 5.42. The van der Waals surface area contributed by atoms with Gasteiger partial charge in [0.2, 0.25) is 5.91 Å². The van der Waals surface area contributed by atoms with Gasteiger partial charge in [0.15, 0.2) is 0 Å². The molecular formula is C16H22N4O. The third kappa shape index (κ3) is 4.85. The molecule has 5 nitrogen and oxygen atoms in total. The molecule has 0 saturated carbocycles. The number of benzene rings is 1. The molecule has 1 aliphatic rings. The van der Waals surface area contributed by atoms with Crippen molar-refractivity contribution in [2.45, 2.75) is 25.3 Å². The van der Waals surface area contributed by atoms with Crippen LogP contribution in [0.3, 0.4) is 0 Å². The number of likely N-dealkylation sites (N-methyl/N-ethyl adjacent to an activating group) is 1. The Hall–Kier alpha value is -1.90. The zero-order chi connectivity index (χ0) is 15.1. The summed E-state index contributed by atoms with van der Waals surface area (Å²) < 4.78 is 0. The predicted octanol–water partition coefficient (Wildman–Crippen LogP) is 1.57. The van der Waals surface area contributed by atoms with Gasteiger partial charge in [-0.05, 0) is 50.7 Å². The number of rotatable bonds is 5. The van der Waals surface area contributed by atoms with E-state index >= 15 is 0 Å². The van der Waals surface area contributed by atoms with Crippen LogP contribution in [0.1, 0.15) is 24.8 Å². The monoisotopic (exact) mass is 286 g/mol. The van der Waals surface area contributed by atoms with Crippen molar-refractivity contribution in [1.29, 1.82) is 5.26 Å². The van der Waals surface area contributed by atoms with E-state index in [9.17, 15) is 4.79 Å². The fourth-order valence-corrected chi connectivity index (χ4v) is 2.61.